The Bertz CT molecular complexity index is 1220. The highest BCUT2D eigenvalue weighted by molar-refractivity contribution is 6.30. The zero-order valence-electron chi connectivity index (χ0n) is 22.6. The number of amides is 1. The second-order valence-electron chi connectivity index (χ2n) is 9.89. The lowest BCUT2D eigenvalue weighted by Crippen LogP contribution is -2.28. The lowest BCUT2D eigenvalue weighted by molar-refractivity contribution is -0.118. The summed E-state index contributed by atoms with van der Waals surface area (Å²) in [5.41, 5.74) is 5.86. The van der Waals surface area contributed by atoms with Crippen LogP contribution < -0.4 is 14.8 Å². The van der Waals surface area contributed by atoms with Gasteiger partial charge < -0.3 is 19.5 Å². The summed E-state index contributed by atoms with van der Waals surface area (Å²) in [6, 6.07) is 20.7. The predicted molar refractivity (Wildman–Crippen MR) is 153 cm³/mol. The number of ether oxygens (including phenoxy) is 3. The van der Waals surface area contributed by atoms with Gasteiger partial charge >= 0.3 is 0 Å². The Hall–Kier alpha value is -3.02. The molecule has 1 amide bonds. The fourth-order valence-corrected chi connectivity index (χ4v) is 5.16. The van der Waals surface area contributed by atoms with Crippen LogP contribution in [0.3, 0.4) is 0 Å². The normalized spacial score (nSPS) is 17.2. The van der Waals surface area contributed by atoms with Gasteiger partial charge in [-0.3, -0.25) is 4.79 Å². The van der Waals surface area contributed by atoms with Crippen molar-refractivity contribution in [3.8, 4) is 22.6 Å². The molecule has 1 N–H and O–H groups in total. The number of halogens is 1. The van der Waals surface area contributed by atoms with Crippen LogP contribution in [0.5, 0.6) is 11.5 Å². The number of carbonyl (C=O) groups excluding carboxylic acids is 1. The fourth-order valence-electron chi connectivity index (χ4n) is 5.00. The molecule has 3 aromatic rings. The maximum absolute atomic E-state index is 11.4. The van der Waals surface area contributed by atoms with Crippen LogP contribution in [0.2, 0.25) is 5.02 Å². The minimum absolute atomic E-state index is 0.00799. The molecule has 0 bridgehead atoms. The van der Waals surface area contributed by atoms with Crippen LogP contribution in [0.25, 0.3) is 11.1 Å². The summed E-state index contributed by atoms with van der Waals surface area (Å²) in [6.45, 7) is 4.85. The average molecular weight is 536 g/mol. The molecule has 1 saturated carbocycles. The summed E-state index contributed by atoms with van der Waals surface area (Å²) in [5, 5.41) is 3.57. The monoisotopic (exact) mass is 535 g/mol. The van der Waals surface area contributed by atoms with E-state index in [2.05, 4.69) is 54.7 Å². The third-order valence-electron chi connectivity index (χ3n) is 7.14. The number of aryl methyl sites for hydroxylation is 1. The minimum Gasteiger partial charge on any atom is -0.496 e. The Labute approximate surface area is 231 Å². The number of rotatable bonds is 11. The van der Waals surface area contributed by atoms with E-state index in [0.29, 0.717) is 18.2 Å². The highest BCUT2D eigenvalue weighted by Gasteiger charge is 2.24. The van der Waals surface area contributed by atoms with Crippen molar-refractivity contribution in [1.82, 2.24) is 5.32 Å². The molecule has 0 atom stereocenters. The molecule has 6 heteroatoms. The number of methoxy groups -OCH3 is 1. The van der Waals surface area contributed by atoms with E-state index in [1.54, 1.807) is 14.0 Å². The lowest BCUT2D eigenvalue weighted by atomic mass is 9.94. The maximum Gasteiger partial charge on any atom is 0.216 e. The standard InChI is InChI=1S/C32H38ClNO4/c1-4-23-6-5-7-25(18-23)31-20-30(11-9-24(31)16-17-34-22(2)35)38-29-14-12-28(13-15-29)37-21-26-8-10-27(33)19-32(26)36-3/h5-11,18-20,28-29H,4,12-17,21H2,1-3H3,(H,34,35). The van der Waals surface area contributed by atoms with Crippen LogP contribution in [0.1, 0.15) is 56.2 Å². The SMILES string of the molecule is CCc1cccc(-c2cc(OC3CCC(OCc4ccc(Cl)cc4OC)CC3)ccc2CCNC(C)=O)c1. The number of hydrogen-bond acceptors (Lipinski definition) is 4. The van der Waals surface area contributed by atoms with Gasteiger partial charge in [0.2, 0.25) is 5.91 Å². The van der Waals surface area contributed by atoms with Crippen LogP contribution >= 0.6 is 11.6 Å². The Morgan fingerprint density at radius 1 is 0.974 bits per heavy atom. The smallest absolute Gasteiger partial charge is 0.216 e. The van der Waals surface area contributed by atoms with E-state index in [9.17, 15) is 4.79 Å². The van der Waals surface area contributed by atoms with Crippen molar-refractivity contribution in [1.29, 1.82) is 0 Å². The molecule has 0 saturated heterocycles. The van der Waals surface area contributed by atoms with E-state index in [1.807, 2.05) is 18.2 Å². The quantitative estimate of drug-likeness (QED) is 0.283. The number of benzene rings is 3. The number of carbonyl (C=O) groups is 1. The van der Waals surface area contributed by atoms with Crippen LogP contribution in [0.4, 0.5) is 0 Å². The van der Waals surface area contributed by atoms with Crippen LogP contribution in [-0.2, 0) is 29.0 Å². The molecule has 0 spiro atoms. The first kappa shape index (κ1) is 28.0. The Morgan fingerprint density at radius 2 is 1.74 bits per heavy atom. The predicted octanol–water partition coefficient (Wildman–Crippen LogP) is 7.16. The van der Waals surface area contributed by atoms with E-state index in [-0.39, 0.29) is 18.1 Å². The molecule has 4 rings (SSSR count). The molecule has 0 heterocycles. The number of nitrogens with one attached hydrogen (secondary N) is 1. The van der Waals surface area contributed by atoms with Crippen molar-refractivity contribution in [2.45, 2.75) is 71.2 Å². The molecule has 38 heavy (non-hydrogen) atoms. The van der Waals surface area contributed by atoms with Crippen molar-refractivity contribution in [3.05, 3.63) is 82.4 Å². The zero-order chi connectivity index (χ0) is 26.9. The second-order valence-corrected chi connectivity index (χ2v) is 10.3. The molecule has 1 aliphatic rings. The molecule has 0 aliphatic heterocycles. The average Bonchev–Trinajstić information content (AvgIpc) is 2.93. The van der Waals surface area contributed by atoms with Crippen molar-refractivity contribution in [2.75, 3.05) is 13.7 Å². The van der Waals surface area contributed by atoms with E-state index < -0.39 is 0 Å². The summed E-state index contributed by atoms with van der Waals surface area (Å²) in [4.78, 5) is 11.4. The van der Waals surface area contributed by atoms with Gasteiger partial charge in [0, 0.05) is 24.1 Å². The Morgan fingerprint density at radius 3 is 2.47 bits per heavy atom. The van der Waals surface area contributed by atoms with Gasteiger partial charge in [-0.1, -0.05) is 54.9 Å². The summed E-state index contributed by atoms with van der Waals surface area (Å²) in [7, 11) is 1.65. The molecule has 5 nitrogen and oxygen atoms in total. The van der Waals surface area contributed by atoms with Crippen LogP contribution in [0.15, 0.2) is 60.7 Å². The topological polar surface area (TPSA) is 56.8 Å². The largest absolute Gasteiger partial charge is 0.496 e. The summed E-state index contributed by atoms with van der Waals surface area (Å²) < 4.78 is 18.1. The van der Waals surface area contributed by atoms with Gasteiger partial charge in [0.15, 0.2) is 0 Å². The van der Waals surface area contributed by atoms with Gasteiger partial charge in [-0.15, -0.1) is 0 Å². The van der Waals surface area contributed by atoms with E-state index in [4.69, 9.17) is 25.8 Å². The second kappa shape index (κ2) is 13.7. The molecule has 3 aromatic carbocycles. The first-order valence-corrected chi connectivity index (χ1v) is 13.9. The van der Waals surface area contributed by atoms with E-state index >= 15 is 0 Å². The third kappa shape index (κ3) is 7.75. The third-order valence-corrected chi connectivity index (χ3v) is 7.38. The summed E-state index contributed by atoms with van der Waals surface area (Å²) in [6.07, 6.45) is 5.95. The molecular formula is C32H38ClNO4. The fraction of sp³-hybridized carbons (Fsp3) is 0.406. The van der Waals surface area contributed by atoms with E-state index in [1.165, 1.54) is 16.7 Å². The first-order chi connectivity index (χ1) is 18.4. The van der Waals surface area contributed by atoms with Gasteiger partial charge in [0.25, 0.3) is 0 Å². The summed E-state index contributed by atoms with van der Waals surface area (Å²) in [5.74, 6) is 1.64. The minimum atomic E-state index is -0.00799. The van der Waals surface area contributed by atoms with Crippen molar-refractivity contribution in [3.63, 3.8) is 0 Å². The highest BCUT2D eigenvalue weighted by Crippen LogP contribution is 2.32. The Kier molecular flexibility index (Phi) is 10.1. The van der Waals surface area contributed by atoms with Crippen molar-refractivity contribution >= 4 is 17.5 Å². The molecule has 1 aliphatic carbocycles. The maximum atomic E-state index is 11.4. The molecule has 0 aromatic heterocycles. The first-order valence-electron chi connectivity index (χ1n) is 13.5. The number of hydrogen-bond donors (Lipinski definition) is 1. The van der Waals surface area contributed by atoms with Gasteiger partial charge in [-0.2, -0.15) is 0 Å². The van der Waals surface area contributed by atoms with Crippen molar-refractivity contribution in [2.24, 2.45) is 0 Å². The molecule has 0 unspecified atom stereocenters. The van der Waals surface area contributed by atoms with E-state index in [0.717, 1.165) is 61.2 Å². The van der Waals surface area contributed by atoms with Crippen LogP contribution in [-0.4, -0.2) is 31.8 Å². The highest BCUT2D eigenvalue weighted by atomic mass is 35.5. The molecular weight excluding hydrogens is 498 g/mol. The van der Waals surface area contributed by atoms with Gasteiger partial charge in [-0.25, -0.2) is 0 Å². The molecule has 1 fully saturated rings. The molecule has 0 radical (unpaired) electrons. The van der Waals surface area contributed by atoms with Gasteiger partial charge in [-0.05, 0) is 85.0 Å². The zero-order valence-corrected chi connectivity index (χ0v) is 23.4. The Balaban J connectivity index is 1.38. The van der Waals surface area contributed by atoms with Gasteiger partial charge in [0.1, 0.15) is 11.5 Å². The van der Waals surface area contributed by atoms with Gasteiger partial charge in [0.05, 0.1) is 25.9 Å². The van der Waals surface area contributed by atoms with Crippen LogP contribution in [0, 0.1) is 0 Å². The van der Waals surface area contributed by atoms with Crippen molar-refractivity contribution < 1.29 is 19.0 Å². The molecule has 202 valence electrons. The lowest BCUT2D eigenvalue weighted by Gasteiger charge is -2.29. The summed E-state index contributed by atoms with van der Waals surface area (Å²) >= 11 is 6.08.